The Bertz CT molecular complexity index is 824. The Labute approximate surface area is 165 Å². The molecule has 1 saturated heterocycles. The maximum absolute atomic E-state index is 12.6. The first kappa shape index (κ1) is 18.8. The molecule has 6 heteroatoms. The number of benzene rings is 1. The fourth-order valence-corrected chi connectivity index (χ4v) is 4.29. The van der Waals surface area contributed by atoms with Crippen LogP contribution in [0.4, 0.5) is 0 Å². The molecule has 0 bridgehead atoms. The molecule has 1 aliphatic heterocycles. The smallest absolute Gasteiger partial charge is 0.260 e. The lowest BCUT2D eigenvalue weighted by atomic mass is 9.83. The number of carbonyl (C=O) groups is 1. The molecule has 2 heterocycles. The van der Waals surface area contributed by atoms with Gasteiger partial charge in [0.05, 0.1) is 12.8 Å². The van der Waals surface area contributed by atoms with Gasteiger partial charge in [0.1, 0.15) is 5.76 Å². The lowest BCUT2D eigenvalue weighted by Crippen LogP contribution is -2.40. The van der Waals surface area contributed by atoms with Gasteiger partial charge in [0.2, 0.25) is 0 Å². The highest BCUT2D eigenvalue weighted by molar-refractivity contribution is 5.78. The van der Waals surface area contributed by atoms with Gasteiger partial charge < -0.3 is 18.9 Å². The van der Waals surface area contributed by atoms with E-state index >= 15 is 0 Å². The number of hydrogen-bond acceptors (Lipinski definition) is 5. The summed E-state index contributed by atoms with van der Waals surface area (Å²) in [5.74, 6) is 3.37. The number of methoxy groups -OCH3 is 1. The number of likely N-dealkylation sites (tertiary alicyclic amines) is 1. The second-order valence-corrected chi connectivity index (χ2v) is 7.91. The van der Waals surface area contributed by atoms with Crippen LogP contribution in [0.15, 0.2) is 28.8 Å². The quantitative estimate of drug-likeness (QED) is 0.788. The maximum atomic E-state index is 12.6. The van der Waals surface area contributed by atoms with Gasteiger partial charge in [0.15, 0.2) is 18.1 Å². The van der Waals surface area contributed by atoms with Crippen LogP contribution in [0.5, 0.6) is 11.5 Å². The molecule has 1 aromatic heterocycles. The number of hydrogen-bond donors (Lipinski definition) is 0. The summed E-state index contributed by atoms with van der Waals surface area (Å²) in [6.07, 6.45) is 5.11. The lowest BCUT2D eigenvalue weighted by molar-refractivity contribution is -0.134. The SMILES string of the molecule is COc1ccccc1OCC(=O)N1CCC(c2onc3c2CC(C)CC3)CC1. The van der Waals surface area contributed by atoms with Crippen molar-refractivity contribution in [1.29, 1.82) is 0 Å². The van der Waals surface area contributed by atoms with Crippen LogP contribution < -0.4 is 9.47 Å². The summed E-state index contributed by atoms with van der Waals surface area (Å²) in [6.45, 7) is 3.77. The van der Waals surface area contributed by atoms with Crippen molar-refractivity contribution in [2.75, 3.05) is 26.8 Å². The number of para-hydroxylation sites is 2. The van der Waals surface area contributed by atoms with Crippen molar-refractivity contribution in [1.82, 2.24) is 10.1 Å². The molecule has 1 amide bonds. The van der Waals surface area contributed by atoms with E-state index in [0.717, 1.165) is 50.2 Å². The highest BCUT2D eigenvalue weighted by atomic mass is 16.5. The number of ether oxygens (including phenoxy) is 2. The van der Waals surface area contributed by atoms with E-state index in [2.05, 4.69) is 12.1 Å². The summed E-state index contributed by atoms with van der Waals surface area (Å²) in [6, 6.07) is 7.38. The van der Waals surface area contributed by atoms with Crippen LogP contribution >= 0.6 is 0 Å². The van der Waals surface area contributed by atoms with Gasteiger partial charge in [-0.15, -0.1) is 0 Å². The molecule has 0 spiro atoms. The van der Waals surface area contributed by atoms with Gasteiger partial charge in [-0.25, -0.2) is 0 Å². The molecule has 4 rings (SSSR count). The molecule has 0 N–H and O–H groups in total. The monoisotopic (exact) mass is 384 g/mol. The highest BCUT2D eigenvalue weighted by Crippen LogP contribution is 2.36. The molecule has 150 valence electrons. The Kier molecular flexibility index (Phi) is 5.55. The summed E-state index contributed by atoms with van der Waals surface area (Å²) in [5, 5.41) is 4.31. The zero-order valence-electron chi connectivity index (χ0n) is 16.6. The van der Waals surface area contributed by atoms with Crippen LogP contribution in [0.1, 0.15) is 49.1 Å². The topological polar surface area (TPSA) is 64.8 Å². The normalized spacial score (nSPS) is 19.9. The largest absolute Gasteiger partial charge is 0.493 e. The lowest BCUT2D eigenvalue weighted by Gasteiger charge is -2.31. The average Bonchev–Trinajstić information content (AvgIpc) is 3.15. The number of carbonyl (C=O) groups excluding carboxylic acids is 1. The van der Waals surface area contributed by atoms with Crippen molar-refractivity contribution in [2.24, 2.45) is 5.92 Å². The van der Waals surface area contributed by atoms with Crippen LogP contribution in [0, 0.1) is 5.92 Å². The first-order valence-corrected chi connectivity index (χ1v) is 10.2. The number of aromatic nitrogens is 1. The van der Waals surface area contributed by atoms with E-state index in [-0.39, 0.29) is 12.5 Å². The molecule has 0 saturated carbocycles. The number of nitrogens with zero attached hydrogens (tertiary/aromatic N) is 2. The number of piperidine rings is 1. The average molecular weight is 384 g/mol. The molecular weight excluding hydrogens is 356 g/mol. The minimum absolute atomic E-state index is 0.0116. The molecular formula is C22H28N2O4. The Morgan fingerprint density at radius 3 is 2.71 bits per heavy atom. The predicted molar refractivity (Wildman–Crippen MR) is 105 cm³/mol. The fraction of sp³-hybridized carbons (Fsp3) is 0.545. The molecule has 1 atom stereocenters. The maximum Gasteiger partial charge on any atom is 0.260 e. The Hall–Kier alpha value is -2.50. The first-order chi connectivity index (χ1) is 13.7. The molecule has 2 aliphatic rings. The first-order valence-electron chi connectivity index (χ1n) is 10.2. The van der Waals surface area contributed by atoms with E-state index < -0.39 is 0 Å². The molecule has 1 fully saturated rings. The van der Waals surface area contributed by atoms with Crippen molar-refractivity contribution < 1.29 is 18.8 Å². The number of aryl methyl sites for hydroxylation is 1. The summed E-state index contributed by atoms with van der Waals surface area (Å²) in [7, 11) is 1.59. The zero-order chi connectivity index (χ0) is 19.5. The summed E-state index contributed by atoms with van der Waals surface area (Å²) in [5.41, 5.74) is 2.49. The van der Waals surface area contributed by atoms with Crippen LogP contribution in [-0.2, 0) is 17.6 Å². The summed E-state index contributed by atoms with van der Waals surface area (Å²) >= 11 is 0. The van der Waals surface area contributed by atoms with Gasteiger partial charge in [-0.05, 0) is 50.2 Å². The zero-order valence-corrected chi connectivity index (χ0v) is 16.6. The van der Waals surface area contributed by atoms with Crippen molar-refractivity contribution >= 4 is 5.91 Å². The van der Waals surface area contributed by atoms with Crippen LogP contribution in [-0.4, -0.2) is 42.8 Å². The highest BCUT2D eigenvalue weighted by Gasteiger charge is 2.31. The van der Waals surface area contributed by atoms with Gasteiger partial charge >= 0.3 is 0 Å². The van der Waals surface area contributed by atoms with Crippen molar-refractivity contribution in [3.8, 4) is 11.5 Å². The third kappa shape index (κ3) is 3.86. The van der Waals surface area contributed by atoms with Gasteiger partial charge in [-0.2, -0.15) is 0 Å². The minimum Gasteiger partial charge on any atom is -0.493 e. The van der Waals surface area contributed by atoms with Gasteiger partial charge in [-0.1, -0.05) is 24.2 Å². The van der Waals surface area contributed by atoms with Crippen molar-refractivity contribution in [2.45, 2.75) is 44.9 Å². The second-order valence-electron chi connectivity index (χ2n) is 7.91. The summed E-state index contributed by atoms with van der Waals surface area (Å²) < 4.78 is 16.7. The van der Waals surface area contributed by atoms with Crippen LogP contribution in [0.3, 0.4) is 0 Å². The molecule has 0 radical (unpaired) electrons. The Balaban J connectivity index is 1.32. The number of rotatable bonds is 5. The predicted octanol–water partition coefficient (Wildman–Crippen LogP) is 3.59. The second kappa shape index (κ2) is 8.25. The summed E-state index contributed by atoms with van der Waals surface area (Å²) in [4.78, 5) is 14.5. The van der Waals surface area contributed by atoms with E-state index in [0.29, 0.717) is 23.3 Å². The standard InChI is InChI=1S/C22H28N2O4/c1-15-7-8-18-17(13-15)22(28-23-18)16-9-11-24(12-10-16)21(25)14-27-20-6-4-3-5-19(20)26-2/h3-6,15-16H,7-14H2,1-2H3. The molecule has 1 unspecified atom stereocenters. The molecule has 28 heavy (non-hydrogen) atoms. The van der Waals surface area contributed by atoms with E-state index in [1.54, 1.807) is 7.11 Å². The third-order valence-electron chi connectivity index (χ3n) is 5.97. The number of amides is 1. The van der Waals surface area contributed by atoms with Gasteiger partial charge in [0, 0.05) is 24.6 Å². The van der Waals surface area contributed by atoms with Crippen molar-refractivity contribution in [3.63, 3.8) is 0 Å². The Morgan fingerprint density at radius 1 is 1.21 bits per heavy atom. The van der Waals surface area contributed by atoms with E-state index in [1.807, 2.05) is 29.2 Å². The van der Waals surface area contributed by atoms with E-state index in [1.165, 1.54) is 12.0 Å². The molecule has 2 aromatic rings. The Morgan fingerprint density at radius 2 is 1.96 bits per heavy atom. The van der Waals surface area contributed by atoms with Gasteiger partial charge in [-0.3, -0.25) is 4.79 Å². The number of fused-ring (bicyclic) bond motifs is 1. The van der Waals surface area contributed by atoms with Crippen molar-refractivity contribution in [3.05, 3.63) is 41.3 Å². The third-order valence-corrected chi connectivity index (χ3v) is 5.97. The molecule has 1 aromatic carbocycles. The minimum atomic E-state index is 0.0116. The van der Waals surface area contributed by atoms with E-state index in [4.69, 9.17) is 14.0 Å². The van der Waals surface area contributed by atoms with Gasteiger partial charge in [0.25, 0.3) is 5.91 Å². The van der Waals surface area contributed by atoms with Crippen LogP contribution in [0.2, 0.25) is 0 Å². The van der Waals surface area contributed by atoms with E-state index in [9.17, 15) is 4.79 Å². The molecule has 1 aliphatic carbocycles. The molecule has 6 nitrogen and oxygen atoms in total. The fourth-order valence-electron chi connectivity index (χ4n) is 4.29. The van der Waals surface area contributed by atoms with Crippen LogP contribution in [0.25, 0.3) is 0 Å².